The fourth-order valence-corrected chi connectivity index (χ4v) is 1.34. The van der Waals surface area contributed by atoms with Gasteiger partial charge in [0.05, 0.1) is 7.11 Å². The highest BCUT2D eigenvalue weighted by Crippen LogP contribution is 2.16. The standard InChI is InChI=1S/C12H20N4O2/c1-9(2)16(4)11-6-10(13-8-14-11)15(3)7-12(17)18-5/h6,8-9H,7H2,1-5H3. The molecule has 0 saturated heterocycles. The Balaban J connectivity index is 2.84. The molecule has 0 radical (unpaired) electrons. The van der Waals surface area contributed by atoms with Gasteiger partial charge in [-0.25, -0.2) is 9.97 Å². The lowest BCUT2D eigenvalue weighted by atomic mass is 10.3. The fraction of sp³-hybridized carbons (Fsp3) is 0.583. The maximum Gasteiger partial charge on any atom is 0.325 e. The summed E-state index contributed by atoms with van der Waals surface area (Å²) in [6.07, 6.45) is 1.50. The zero-order chi connectivity index (χ0) is 13.7. The van der Waals surface area contributed by atoms with E-state index in [1.165, 1.54) is 13.4 Å². The maximum atomic E-state index is 11.2. The first-order chi connectivity index (χ1) is 8.45. The Labute approximate surface area is 108 Å². The number of likely N-dealkylation sites (N-methyl/N-ethyl adjacent to an activating group) is 1. The second-order valence-electron chi connectivity index (χ2n) is 4.37. The van der Waals surface area contributed by atoms with E-state index >= 15 is 0 Å². The second kappa shape index (κ2) is 6.18. The highest BCUT2D eigenvalue weighted by Gasteiger charge is 2.12. The summed E-state index contributed by atoms with van der Waals surface area (Å²) >= 11 is 0. The van der Waals surface area contributed by atoms with Crippen molar-refractivity contribution in [2.75, 3.05) is 37.5 Å². The number of nitrogens with zero attached hydrogens (tertiary/aromatic N) is 4. The molecule has 0 unspecified atom stereocenters. The zero-order valence-corrected chi connectivity index (χ0v) is 11.5. The van der Waals surface area contributed by atoms with Crippen LogP contribution in [0.4, 0.5) is 11.6 Å². The molecule has 0 aromatic carbocycles. The lowest BCUT2D eigenvalue weighted by molar-refractivity contribution is -0.138. The number of rotatable bonds is 5. The lowest BCUT2D eigenvalue weighted by Crippen LogP contribution is -2.29. The van der Waals surface area contributed by atoms with Crippen molar-refractivity contribution in [2.24, 2.45) is 0 Å². The molecule has 0 saturated carbocycles. The molecule has 1 rings (SSSR count). The number of anilines is 2. The predicted molar refractivity (Wildman–Crippen MR) is 70.9 cm³/mol. The minimum Gasteiger partial charge on any atom is -0.468 e. The van der Waals surface area contributed by atoms with Crippen molar-refractivity contribution in [1.29, 1.82) is 0 Å². The number of ether oxygens (including phenoxy) is 1. The van der Waals surface area contributed by atoms with E-state index in [1.54, 1.807) is 11.9 Å². The summed E-state index contributed by atoms with van der Waals surface area (Å²) in [5.41, 5.74) is 0. The van der Waals surface area contributed by atoms with Crippen molar-refractivity contribution in [1.82, 2.24) is 9.97 Å². The third kappa shape index (κ3) is 3.58. The monoisotopic (exact) mass is 252 g/mol. The van der Waals surface area contributed by atoms with E-state index in [2.05, 4.69) is 28.6 Å². The van der Waals surface area contributed by atoms with Crippen LogP contribution >= 0.6 is 0 Å². The van der Waals surface area contributed by atoms with Gasteiger partial charge < -0.3 is 14.5 Å². The van der Waals surface area contributed by atoms with Crippen molar-refractivity contribution >= 4 is 17.6 Å². The summed E-state index contributed by atoms with van der Waals surface area (Å²) in [6, 6.07) is 2.20. The number of methoxy groups -OCH3 is 1. The van der Waals surface area contributed by atoms with Crippen LogP contribution in [0, 0.1) is 0 Å². The molecule has 6 heteroatoms. The summed E-state index contributed by atoms with van der Waals surface area (Å²) in [5, 5.41) is 0. The van der Waals surface area contributed by atoms with Crippen LogP contribution in [-0.2, 0) is 9.53 Å². The Hall–Kier alpha value is -1.85. The number of carbonyl (C=O) groups is 1. The van der Waals surface area contributed by atoms with Gasteiger partial charge in [-0.15, -0.1) is 0 Å². The SMILES string of the molecule is COC(=O)CN(C)c1cc(N(C)C(C)C)ncn1. The van der Waals surface area contributed by atoms with Crippen LogP contribution in [0.2, 0.25) is 0 Å². The number of hydrogen-bond donors (Lipinski definition) is 0. The Kier molecular flexibility index (Phi) is 4.88. The second-order valence-corrected chi connectivity index (χ2v) is 4.37. The van der Waals surface area contributed by atoms with Gasteiger partial charge in [0, 0.05) is 26.2 Å². The van der Waals surface area contributed by atoms with E-state index in [1.807, 2.05) is 18.0 Å². The number of hydrogen-bond acceptors (Lipinski definition) is 6. The molecule has 1 aromatic heterocycles. The molecule has 0 aliphatic carbocycles. The number of carbonyl (C=O) groups excluding carboxylic acids is 1. The first kappa shape index (κ1) is 14.2. The molecule has 1 heterocycles. The van der Waals surface area contributed by atoms with Crippen LogP contribution in [0.3, 0.4) is 0 Å². The minimum atomic E-state index is -0.296. The molecular formula is C12H20N4O2. The first-order valence-electron chi connectivity index (χ1n) is 5.78. The summed E-state index contributed by atoms with van der Waals surface area (Å²) in [4.78, 5) is 23.3. The molecule has 18 heavy (non-hydrogen) atoms. The molecule has 0 atom stereocenters. The van der Waals surface area contributed by atoms with Gasteiger partial charge in [0.2, 0.25) is 0 Å². The van der Waals surface area contributed by atoms with Gasteiger partial charge in [-0.1, -0.05) is 0 Å². The van der Waals surface area contributed by atoms with Crippen molar-refractivity contribution in [2.45, 2.75) is 19.9 Å². The highest BCUT2D eigenvalue weighted by atomic mass is 16.5. The molecule has 0 spiro atoms. The predicted octanol–water partition coefficient (Wildman–Crippen LogP) is 0.930. The third-order valence-corrected chi connectivity index (χ3v) is 2.76. The first-order valence-corrected chi connectivity index (χ1v) is 5.78. The molecule has 6 nitrogen and oxygen atoms in total. The maximum absolute atomic E-state index is 11.2. The molecule has 0 N–H and O–H groups in total. The van der Waals surface area contributed by atoms with Gasteiger partial charge in [0.25, 0.3) is 0 Å². The van der Waals surface area contributed by atoms with Crippen molar-refractivity contribution in [3.8, 4) is 0 Å². The smallest absolute Gasteiger partial charge is 0.325 e. The van der Waals surface area contributed by atoms with E-state index in [-0.39, 0.29) is 12.5 Å². The van der Waals surface area contributed by atoms with Crippen molar-refractivity contribution < 1.29 is 9.53 Å². The summed E-state index contributed by atoms with van der Waals surface area (Å²) in [5.74, 6) is 1.22. The van der Waals surface area contributed by atoms with E-state index in [9.17, 15) is 4.79 Å². The van der Waals surface area contributed by atoms with Gasteiger partial charge in [0.15, 0.2) is 0 Å². The zero-order valence-electron chi connectivity index (χ0n) is 11.5. The summed E-state index contributed by atoms with van der Waals surface area (Å²) in [7, 11) is 5.13. The Morgan fingerprint density at radius 2 is 1.94 bits per heavy atom. The average Bonchev–Trinajstić information content (AvgIpc) is 2.37. The number of esters is 1. The van der Waals surface area contributed by atoms with Gasteiger partial charge in [0.1, 0.15) is 24.5 Å². The Bertz CT molecular complexity index is 409. The molecule has 0 bridgehead atoms. The average molecular weight is 252 g/mol. The van der Waals surface area contributed by atoms with Gasteiger partial charge >= 0.3 is 5.97 Å². The highest BCUT2D eigenvalue weighted by molar-refractivity contribution is 5.75. The Morgan fingerprint density at radius 1 is 1.33 bits per heavy atom. The molecule has 100 valence electrons. The van der Waals surface area contributed by atoms with Crippen LogP contribution in [0.25, 0.3) is 0 Å². The van der Waals surface area contributed by atoms with E-state index in [0.717, 1.165) is 5.82 Å². The van der Waals surface area contributed by atoms with E-state index < -0.39 is 0 Å². The normalized spacial score (nSPS) is 10.3. The lowest BCUT2D eigenvalue weighted by Gasteiger charge is -2.24. The molecule has 1 aromatic rings. The van der Waals surface area contributed by atoms with Crippen LogP contribution < -0.4 is 9.80 Å². The van der Waals surface area contributed by atoms with Crippen LogP contribution in [0.5, 0.6) is 0 Å². The molecule has 0 aliphatic rings. The molecule has 0 fully saturated rings. The van der Waals surface area contributed by atoms with Gasteiger partial charge in [-0.05, 0) is 13.8 Å². The quantitative estimate of drug-likeness (QED) is 0.727. The van der Waals surface area contributed by atoms with Crippen molar-refractivity contribution in [3.05, 3.63) is 12.4 Å². The topological polar surface area (TPSA) is 58.6 Å². The summed E-state index contributed by atoms with van der Waals surface area (Å²) in [6.45, 7) is 4.33. The van der Waals surface area contributed by atoms with Gasteiger partial charge in [-0.2, -0.15) is 0 Å². The van der Waals surface area contributed by atoms with E-state index in [4.69, 9.17) is 0 Å². The van der Waals surface area contributed by atoms with Crippen LogP contribution in [-0.4, -0.2) is 49.7 Å². The largest absolute Gasteiger partial charge is 0.468 e. The third-order valence-electron chi connectivity index (χ3n) is 2.76. The van der Waals surface area contributed by atoms with Crippen LogP contribution in [0.1, 0.15) is 13.8 Å². The summed E-state index contributed by atoms with van der Waals surface area (Å²) < 4.78 is 4.62. The van der Waals surface area contributed by atoms with E-state index in [0.29, 0.717) is 11.9 Å². The number of aromatic nitrogens is 2. The fourth-order valence-electron chi connectivity index (χ4n) is 1.34. The molecular weight excluding hydrogens is 232 g/mol. The van der Waals surface area contributed by atoms with Crippen molar-refractivity contribution in [3.63, 3.8) is 0 Å². The Morgan fingerprint density at radius 3 is 2.50 bits per heavy atom. The molecule has 0 amide bonds. The molecule has 0 aliphatic heterocycles. The van der Waals surface area contributed by atoms with Crippen LogP contribution in [0.15, 0.2) is 12.4 Å². The minimum absolute atomic E-state index is 0.165. The van der Waals surface area contributed by atoms with Gasteiger partial charge in [-0.3, -0.25) is 4.79 Å².